The van der Waals surface area contributed by atoms with Crippen molar-refractivity contribution in [3.8, 4) is 11.5 Å². The van der Waals surface area contributed by atoms with Crippen LogP contribution in [0.15, 0.2) is 18.2 Å². The summed E-state index contributed by atoms with van der Waals surface area (Å²) in [6.07, 6.45) is 1.35. The number of nitrogens with one attached hydrogen (secondary N) is 2. The minimum absolute atomic E-state index is 0.0857. The molecule has 2 aliphatic heterocycles. The molecule has 0 aromatic heterocycles. The lowest BCUT2D eigenvalue weighted by Gasteiger charge is -2.34. The van der Waals surface area contributed by atoms with Crippen molar-refractivity contribution in [1.29, 1.82) is 0 Å². The van der Waals surface area contributed by atoms with Crippen LogP contribution in [0.3, 0.4) is 0 Å². The zero-order valence-corrected chi connectivity index (χ0v) is 16.3. The first-order chi connectivity index (χ1) is 13.5. The molecule has 0 radical (unpaired) electrons. The summed E-state index contributed by atoms with van der Waals surface area (Å²) in [7, 11) is 0. The summed E-state index contributed by atoms with van der Waals surface area (Å²) in [6, 6.07) is 4.41. The molecule has 1 aromatic carbocycles. The molecule has 1 fully saturated rings. The van der Waals surface area contributed by atoms with Gasteiger partial charge in [0.2, 0.25) is 5.91 Å². The Morgan fingerprint density at radius 3 is 2.50 bits per heavy atom. The Morgan fingerprint density at radius 1 is 1.14 bits per heavy atom. The van der Waals surface area contributed by atoms with Crippen LogP contribution >= 0.6 is 0 Å². The molecule has 2 heterocycles. The molecular formula is C20H27N3O5. The van der Waals surface area contributed by atoms with Crippen LogP contribution in [0, 0.1) is 5.92 Å². The van der Waals surface area contributed by atoms with Crippen molar-refractivity contribution in [2.24, 2.45) is 5.92 Å². The Bertz CT molecular complexity index is 743. The number of amides is 3. The van der Waals surface area contributed by atoms with Gasteiger partial charge in [0.15, 0.2) is 17.3 Å². The third-order valence-corrected chi connectivity index (χ3v) is 5.23. The summed E-state index contributed by atoms with van der Waals surface area (Å²) >= 11 is 0. The molecule has 2 N–H and O–H groups in total. The predicted octanol–water partition coefficient (Wildman–Crippen LogP) is 1.59. The summed E-state index contributed by atoms with van der Waals surface area (Å²) in [4.78, 5) is 38.6. The van der Waals surface area contributed by atoms with Gasteiger partial charge in [-0.15, -0.1) is 0 Å². The lowest BCUT2D eigenvalue weighted by Crippen LogP contribution is -2.51. The van der Waals surface area contributed by atoms with E-state index in [-0.39, 0.29) is 17.6 Å². The molecule has 8 heteroatoms. The van der Waals surface area contributed by atoms with Crippen LogP contribution in [-0.2, 0) is 4.79 Å². The largest absolute Gasteiger partial charge is 0.486 e. The number of rotatable bonds is 5. The van der Waals surface area contributed by atoms with Gasteiger partial charge in [-0.3, -0.25) is 19.8 Å². The normalized spacial score (nSPS) is 18.2. The summed E-state index contributed by atoms with van der Waals surface area (Å²) in [5, 5.41) is 4.89. The standard InChI is InChI=1S/C20H27N3O5/c1-3-21-20(26)22-19(25)13(2)23-8-6-14(7-9-23)18(24)15-4-5-16-17(12-15)28-11-10-27-16/h4-5,12-14H,3,6-11H2,1-2H3,(H2,21,22,25,26)/t13-/m0/s1. The van der Waals surface area contributed by atoms with Gasteiger partial charge in [0.25, 0.3) is 0 Å². The molecule has 3 rings (SSSR count). The van der Waals surface area contributed by atoms with E-state index in [1.807, 2.05) is 4.90 Å². The summed E-state index contributed by atoms with van der Waals surface area (Å²) < 4.78 is 11.1. The van der Waals surface area contributed by atoms with Gasteiger partial charge in [0, 0.05) is 18.0 Å². The number of hydrogen-bond donors (Lipinski definition) is 2. The number of piperidine rings is 1. The topological polar surface area (TPSA) is 97.0 Å². The van der Waals surface area contributed by atoms with E-state index in [9.17, 15) is 14.4 Å². The maximum absolute atomic E-state index is 12.9. The van der Waals surface area contributed by atoms with E-state index in [1.54, 1.807) is 32.0 Å². The number of nitrogens with zero attached hydrogens (tertiary/aromatic N) is 1. The van der Waals surface area contributed by atoms with Crippen LogP contribution in [0.1, 0.15) is 37.0 Å². The third-order valence-electron chi connectivity index (χ3n) is 5.23. The molecular weight excluding hydrogens is 362 g/mol. The molecule has 0 saturated carbocycles. The summed E-state index contributed by atoms with van der Waals surface area (Å²) in [5.41, 5.74) is 0.629. The van der Waals surface area contributed by atoms with Gasteiger partial charge < -0.3 is 14.8 Å². The number of benzene rings is 1. The van der Waals surface area contributed by atoms with Gasteiger partial charge in [-0.05, 0) is 58.0 Å². The zero-order valence-electron chi connectivity index (χ0n) is 16.3. The average Bonchev–Trinajstić information content (AvgIpc) is 2.72. The van der Waals surface area contributed by atoms with Crippen molar-refractivity contribution in [2.75, 3.05) is 32.8 Å². The van der Waals surface area contributed by atoms with E-state index in [0.29, 0.717) is 62.8 Å². The molecule has 2 aliphatic rings. The molecule has 0 unspecified atom stereocenters. The number of urea groups is 1. The lowest BCUT2D eigenvalue weighted by atomic mass is 9.88. The quantitative estimate of drug-likeness (QED) is 0.743. The van der Waals surface area contributed by atoms with Gasteiger partial charge in [-0.1, -0.05) is 0 Å². The molecule has 1 atom stereocenters. The van der Waals surface area contributed by atoms with Crippen molar-refractivity contribution in [2.45, 2.75) is 32.7 Å². The molecule has 0 spiro atoms. The van der Waals surface area contributed by atoms with Crippen LogP contribution in [0.5, 0.6) is 11.5 Å². The highest BCUT2D eigenvalue weighted by Crippen LogP contribution is 2.32. The lowest BCUT2D eigenvalue weighted by molar-refractivity contribution is -0.125. The van der Waals surface area contributed by atoms with Crippen molar-refractivity contribution < 1.29 is 23.9 Å². The van der Waals surface area contributed by atoms with Crippen molar-refractivity contribution in [1.82, 2.24) is 15.5 Å². The van der Waals surface area contributed by atoms with Crippen LogP contribution in [0.4, 0.5) is 4.79 Å². The van der Waals surface area contributed by atoms with Crippen molar-refractivity contribution in [3.63, 3.8) is 0 Å². The monoisotopic (exact) mass is 389 g/mol. The maximum Gasteiger partial charge on any atom is 0.321 e. The predicted molar refractivity (Wildman–Crippen MR) is 103 cm³/mol. The molecule has 0 bridgehead atoms. The highest BCUT2D eigenvalue weighted by molar-refractivity contribution is 5.99. The highest BCUT2D eigenvalue weighted by atomic mass is 16.6. The number of carbonyl (C=O) groups is 3. The van der Waals surface area contributed by atoms with Gasteiger partial charge in [-0.2, -0.15) is 0 Å². The molecule has 152 valence electrons. The summed E-state index contributed by atoms with van der Waals surface area (Å²) in [5.74, 6) is 0.964. The van der Waals surface area contributed by atoms with E-state index >= 15 is 0 Å². The molecule has 28 heavy (non-hydrogen) atoms. The van der Waals surface area contributed by atoms with Crippen molar-refractivity contribution >= 4 is 17.7 Å². The second kappa shape index (κ2) is 9.05. The van der Waals surface area contributed by atoms with Gasteiger partial charge in [0.05, 0.1) is 6.04 Å². The molecule has 8 nitrogen and oxygen atoms in total. The molecule has 0 aliphatic carbocycles. The minimum Gasteiger partial charge on any atom is -0.486 e. The highest BCUT2D eigenvalue weighted by Gasteiger charge is 2.31. The Hall–Kier alpha value is -2.61. The Kier molecular flexibility index (Phi) is 6.51. The number of hydrogen-bond acceptors (Lipinski definition) is 6. The molecule has 1 saturated heterocycles. The van der Waals surface area contributed by atoms with E-state index in [0.717, 1.165) is 0 Å². The second-order valence-corrected chi connectivity index (χ2v) is 7.06. The maximum atomic E-state index is 12.9. The number of ketones is 1. The number of Topliss-reactive ketones (excluding diaryl/α,β-unsaturated/α-hetero) is 1. The first-order valence-corrected chi connectivity index (χ1v) is 9.76. The fourth-order valence-electron chi connectivity index (χ4n) is 3.57. The van der Waals surface area contributed by atoms with Gasteiger partial charge in [0.1, 0.15) is 13.2 Å². The average molecular weight is 389 g/mol. The van der Waals surface area contributed by atoms with E-state index in [4.69, 9.17) is 9.47 Å². The molecule has 1 aromatic rings. The van der Waals surface area contributed by atoms with Crippen LogP contribution in [0.2, 0.25) is 0 Å². The number of fused-ring (bicyclic) bond motifs is 1. The number of ether oxygens (including phenoxy) is 2. The zero-order chi connectivity index (χ0) is 20.1. The second-order valence-electron chi connectivity index (χ2n) is 7.06. The smallest absolute Gasteiger partial charge is 0.321 e. The third kappa shape index (κ3) is 4.62. The van der Waals surface area contributed by atoms with Gasteiger partial charge >= 0.3 is 6.03 Å². The van der Waals surface area contributed by atoms with E-state index < -0.39 is 12.1 Å². The minimum atomic E-state index is -0.483. The van der Waals surface area contributed by atoms with Crippen molar-refractivity contribution in [3.05, 3.63) is 23.8 Å². The molecule has 3 amide bonds. The number of carbonyl (C=O) groups excluding carboxylic acids is 3. The number of likely N-dealkylation sites (tertiary alicyclic amines) is 1. The summed E-state index contributed by atoms with van der Waals surface area (Å²) in [6.45, 7) is 6.29. The van der Waals surface area contributed by atoms with Crippen LogP contribution in [-0.4, -0.2) is 61.5 Å². The fraction of sp³-hybridized carbons (Fsp3) is 0.550. The van der Waals surface area contributed by atoms with Gasteiger partial charge in [-0.25, -0.2) is 4.79 Å². The first kappa shape index (κ1) is 20.1. The first-order valence-electron chi connectivity index (χ1n) is 9.76. The Morgan fingerprint density at radius 2 is 1.82 bits per heavy atom. The van der Waals surface area contributed by atoms with E-state index in [2.05, 4.69) is 10.6 Å². The van der Waals surface area contributed by atoms with E-state index in [1.165, 1.54) is 0 Å². The fourth-order valence-corrected chi connectivity index (χ4v) is 3.57. The van der Waals surface area contributed by atoms with Crippen LogP contribution < -0.4 is 20.1 Å². The Labute approximate surface area is 164 Å². The van der Waals surface area contributed by atoms with Crippen LogP contribution in [0.25, 0.3) is 0 Å². The SMILES string of the molecule is CCNC(=O)NC(=O)[C@H](C)N1CCC(C(=O)c2ccc3c(c2)OCCO3)CC1. The number of imide groups is 1. The Balaban J connectivity index is 1.54.